The van der Waals surface area contributed by atoms with Crippen molar-refractivity contribution in [3.63, 3.8) is 0 Å². The molecule has 2 N–H and O–H groups in total. The van der Waals surface area contributed by atoms with Crippen molar-refractivity contribution in [2.24, 2.45) is 0 Å². The van der Waals surface area contributed by atoms with Crippen molar-refractivity contribution in [2.75, 3.05) is 5.75 Å². The molecule has 1 aliphatic carbocycles. The van der Waals surface area contributed by atoms with Gasteiger partial charge in [0, 0.05) is 4.88 Å². The molecule has 0 saturated carbocycles. The van der Waals surface area contributed by atoms with Crippen LogP contribution in [0.1, 0.15) is 17.5 Å². The van der Waals surface area contributed by atoms with E-state index >= 15 is 0 Å². The van der Waals surface area contributed by atoms with Crippen LogP contribution in [0.4, 0.5) is 0 Å². The Morgan fingerprint density at radius 1 is 1.19 bits per heavy atom. The number of nitrogens with zero attached hydrogens (tertiary/aromatic N) is 3. The highest BCUT2D eigenvalue weighted by Gasteiger charge is 2.26. The van der Waals surface area contributed by atoms with Gasteiger partial charge in [-0.05, 0) is 48.1 Å². The van der Waals surface area contributed by atoms with Crippen molar-refractivity contribution in [3.05, 3.63) is 45.7 Å². The van der Waals surface area contributed by atoms with Crippen molar-refractivity contribution in [3.8, 4) is 15.4 Å². The molecular weight excluding hydrogens is 413 g/mol. The van der Waals surface area contributed by atoms with Crippen molar-refractivity contribution in [1.82, 2.24) is 14.8 Å². The van der Waals surface area contributed by atoms with E-state index in [1.54, 1.807) is 17.7 Å². The van der Waals surface area contributed by atoms with Crippen LogP contribution >= 0.6 is 46.3 Å². The van der Waals surface area contributed by atoms with Crippen LogP contribution in [-0.2, 0) is 12.8 Å². The number of hydrogen-bond donors (Lipinski definition) is 2. The zero-order valence-electron chi connectivity index (χ0n) is 13.5. The van der Waals surface area contributed by atoms with E-state index in [1.807, 2.05) is 22.8 Å². The van der Waals surface area contributed by atoms with E-state index < -0.39 is 6.29 Å². The van der Waals surface area contributed by atoms with E-state index in [1.165, 1.54) is 27.8 Å². The third-order valence-electron chi connectivity index (χ3n) is 4.23. The first-order valence-electron chi connectivity index (χ1n) is 8.04. The van der Waals surface area contributed by atoms with Crippen molar-refractivity contribution >= 4 is 46.3 Å². The quantitative estimate of drug-likeness (QED) is 0.471. The molecule has 1 aliphatic rings. The van der Waals surface area contributed by atoms with E-state index in [9.17, 15) is 0 Å². The summed E-state index contributed by atoms with van der Waals surface area (Å²) in [4.78, 5) is 1.19. The molecule has 136 valence electrons. The Morgan fingerprint density at radius 3 is 2.77 bits per heavy atom. The van der Waals surface area contributed by atoms with Crippen LogP contribution in [0, 0.1) is 0 Å². The predicted octanol–water partition coefficient (Wildman–Crippen LogP) is 4.19. The van der Waals surface area contributed by atoms with Crippen molar-refractivity contribution < 1.29 is 10.2 Å². The number of aliphatic hydroxyl groups is 2. The summed E-state index contributed by atoms with van der Waals surface area (Å²) >= 11 is 15.2. The number of hydrogen-bond acceptors (Lipinski definition) is 6. The summed E-state index contributed by atoms with van der Waals surface area (Å²) in [7, 11) is 0. The molecule has 2 aromatic heterocycles. The Balaban J connectivity index is 1.78. The Labute approximate surface area is 168 Å². The maximum Gasteiger partial charge on any atom is 0.196 e. The maximum atomic E-state index is 9.13. The monoisotopic (exact) mass is 427 g/mol. The molecule has 0 radical (unpaired) electrons. The molecule has 4 rings (SSSR count). The Bertz CT molecular complexity index is 956. The molecular formula is C17H15Cl2N3O2S2. The van der Waals surface area contributed by atoms with Gasteiger partial charge in [0.2, 0.25) is 0 Å². The van der Waals surface area contributed by atoms with E-state index in [0.717, 1.165) is 29.8 Å². The third-order valence-corrected chi connectivity index (χ3v) is 7.29. The molecule has 0 atom stereocenters. The van der Waals surface area contributed by atoms with Crippen LogP contribution in [0.15, 0.2) is 29.7 Å². The Morgan fingerprint density at radius 2 is 2.00 bits per heavy atom. The van der Waals surface area contributed by atoms with Gasteiger partial charge in [-0.25, -0.2) is 0 Å². The van der Waals surface area contributed by atoms with E-state index in [-0.39, 0.29) is 5.75 Å². The first kappa shape index (κ1) is 18.3. The number of thioether (sulfide) groups is 1. The Kier molecular flexibility index (Phi) is 5.27. The molecule has 0 saturated heterocycles. The van der Waals surface area contributed by atoms with Crippen molar-refractivity contribution in [1.29, 1.82) is 0 Å². The molecule has 9 heteroatoms. The smallest absolute Gasteiger partial charge is 0.196 e. The lowest BCUT2D eigenvalue weighted by atomic mass is 10.1. The minimum Gasteiger partial charge on any atom is -0.367 e. The maximum absolute atomic E-state index is 9.13. The number of rotatable bonds is 5. The van der Waals surface area contributed by atoms with Gasteiger partial charge in [-0.15, -0.1) is 21.5 Å². The van der Waals surface area contributed by atoms with Gasteiger partial charge in [0.25, 0.3) is 0 Å². The molecule has 0 amide bonds. The second-order valence-corrected chi connectivity index (χ2v) is 8.75. The lowest BCUT2D eigenvalue weighted by Crippen LogP contribution is -2.08. The lowest BCUT2D eigenvalue weighted by molar-refractivity contribution is -0.0186. The van der Waals surface area contributed by atoms with Gasteiger partial charge in [0.05, 0.1) is 15.8 Å². The van der Waals surface area contributed by atoms with Crippen LogP contribution in [0.5, 0.6) is 0 Å². The molecule has 0 fully saturated rings. The number of aliphatic hydroxyl groups excluding tert-OH is 1. The average Bonchev–Trinajstić information content (AvgIpc) is 3.31. The SMILES string of the molecule is OC(O)CSc1nncn1-c1sc(-c2ccc(Cl)c(Cl)c2)c2c1CCC2. The lowest BCUT2D eigenvalue weighted by Gasteiger charge is -2.06. The standard InChI is InChI=1S/C17H15Cl2N3O2S2/c18-12-5-4-9(6-13(12)19)15-10-2-1-3-11(10)16(26-15)22-8-20-21-17(22)25-7-14(23)24/h4-6,8,14,23-24H,1-3,7H2. The molecule has 0 spiro atoms. The van der Waals surface area contributed by atoms with E-state index in [2.05, 4.69) is 10.2 Å². The summed E-state index contributed by atoms with van der Waals surface area (Å²) in [5.41, 5.74) is 3.71. The summed E-state index contributed by atoms with van der Waals surface area (Å²) < 4.78 is 1.93. The number of fused-ring (bicyclic) bond motifs is 1. The second-order valence-electron chi connectivity index (χ2n) is 5.95. The number of thiophene rings is 1. The fourth-order valence-electron chi connectivity index (χ4n) is 3.13. The molecule has 2 heterocycles. The van der Waals surface area contributed by atoms with Gasteiger partial charge in [-0.3, -0.25) is 4.57 Å². The Hall–Kier alpha value is -1.09. The second kappa shape index (κ2) is 7.50. The summed E-state index contributed by atoms with van der Waals surface area (Å²) in [6, 6.07) is 5.72. The van der Waals surface area contributed by atoms with Gasteiger partial charge in [0.1, 0.15) is 11.3 Å². The van der Waals surface area contributed by atoms with Crippen LogP contribution in [0.25, 0.3) is 15.4 Å². The minimum absolute atomic E-state index is 0.145. The third kappa shape index (κ3) is 3.40. The average molecular weight is 428 g/mol. The summed E-state index contributed by atoms with van der Waals surface area (Å²) in [5, 5.41) is 29.2. The molecule has 0 unspecified atom stereocenters. The normalized spacial score (nSPS) is 13.6. The van der Waals surface area contributed by atoms with Crippen LogP contribution in [-0.4, -0.2) is 37.0 Å². The minimum atomic E-state index is -1.38. The number of benzene rings is 1. The fourth-order valence-corrected chi connectivity index (χ4v) is 5.53. The predicted molar refractivity (Wildman–Crippen MR) is 106 cm³/mol. The van der Waals surface area contributed by atoms with E-state index in [0.29, 0.717) is 15.2 Å². The van der Waals surface area contributed by atoms with Crippen LogP contribution in [0.2, 0.25) is 10.0 Å². The number of halogens is 2. The highest BCUT2D eigenvalue weighted by molar-refractivity contribution is 7.99. The summed E-state index contributed by atoms with van der Waals surface area (Å²) in [6.45, 7) is 0. The molecule has 0 bridgehead atoms. The zero-order chi connectivity index (χ0) is 18.3. The molecule has 26 heavy (non-hydrogen) atoms. The summed E-state index contributed by atoms with van der Waals surface area (Å²) in [5.74, 6) is 0.145. The highest BCUT2D eigenvalue weighted by atomic mass is 35.5. The zero-order valence-corrected chi connectivity index (χ0v) is 16.7. The van der Waals surface area contributed by atoms with Crippen molar-refractivity contribution in [2.45, 2.75) is 30.7 Å². The molecule has 3 aromatic rings. The molecule has 1 aromatic carbocycles. The first-order chi connectivity index (χ1) is 12.5. The van der Waals surface area contributed by atoms with Crippen LogP contribution in [0.3, 0.4) is 0 Å². The van der Waals surface area contributed by atoms with Gasteiger partial charge in [0.15, 0.2) is 11.4 Å². The summed E-state index contributed by atoms with van der Waals surface area (Å²) in [6.07, 6.45) is 3.44. The van der Waals surface area contributed by atoms with Gasteiger partial charge < -0.3 is 10.2 Å². The fraction of sp³-hybridized carbons (Fsp3) is 0.294. The van der Waals surface area contributed by atoms with Gasteiger partial charge >= 0.3 is 0 Å². The molecule has 0 aliphatic heterocycles. The highest BCUT2D eigenvalue weighted by Crippen LogP contribution is 2.45. The largest absolute Gasteiger partial charge is 0.367 e. The van der Waals surface area contributed by atoms with Crippen LogP contribution < -0.4 is 0 Å². The first-order valence-corrected chi connectivity index (χ1v) is 10.6. The van der Waals surface area contributed by atoms with E-state index in [4.69, 9.17) is 33.4 Å². The number of aromatic nitrogens is 3. The topological polar surface area (TPSA) is 71.2 Å². The molecule has 5 nitrogen and oxygen atoms in total. The van der Waals surface area contributed by atoms with Gasteiger partial charge in [-0.2, -0.15) is 0 Å². The van der Waals surface area contributed by atoms with Gasteiger partial charge in [-0.1, -0.05) is 41.0 Å².